The van der Waals surface area contributed by atoms with Gasteiger partial charge in [-0.3, -0.25) is 9.59 Å². The summed E-state index contributed by atoms with van der Waals surface area (Å²) in [5.74, 6) is -0.0147. The molecule has 0 unspecified atom stereocenters. The van der Waals surface area contributed by atoms with Crippen molar-refractivity contribution in [3.05, 3.63) is 71.4 Å². The number of carbonyl (C=O) groups is 2. The summed E-state index contributed by atoms with van der Waals surface area (Å²) in [6.07, 6.45) is 2.98. The Labute approximate surface area is 177 Å². The Bertz CT molecular complexity index is 1100. The molecule has 156 valence electrons. The largest absolute Gasteiger partial charge is 0.355 e. The summed E-state index contributed by atoms with van der Waals surface area (Å²) in [7, 11) is 3.81. The molecule has 5 heteroatoms. The zero-order chi connectivity index (χ0) is 21.4. The van der Waals surface area contributed by atoms with E-state index in [0.29, 0.717) is 18.0 Å². The van der Waals surface area contributed by atoms with Gasteiger partial charge in [-0.2, -0.15) is 0 Å². The maximum absolute atomic E-state index is 13.5. The third-order valence-corrected chi connectivity index (χ3v) is 6.13. The number of amides is 2. The number of hydrogen-bond acceptors (Lipinski definition) is 2. The number of aromatic nitrogens is 1. The van der Waals surface area contributed by atoms with Crippen molar-refractivity contribution < 1.29 is 9.59 Å². The fourth-order valence-electron chi connectivity index (χ4n) is 4.55. The highest BCUT2D eigenvalue weighted by atomic mass is 16.2. The molecule has 5 nitrogen and oxygen atoms in total. The highest BCUT2D eigenvalue weighted by Gasteiger charge is 2.43. The summed E-state index contributed by atoms with van der Waals surface area (Å²) in [5.41, 5.74) is 3.51. The minimum atomic E-state index is -0.457. The zero-order valence-electron chi connectivity index (χ0n) is 18.1. The fraction of sp³-hybridized carbons (Fsp3) is 0.360. The van der Waals surface area contributed by atoms with Gasteiger partial charge >= 0.3 is 0 Å². The number of para-hydroxylation sites is 1. The summed E-state index contributed by atoms with van der Waals surface area (Å²) >= 11 is 0. The van der Waals surface area contributed by atoms with E-state index >= 15 is 0 Å². The second-order valence-electron chi connectivity index (χ2n) is 8.61. The molecule has 3 aromatic rings. The van der Waals surface area contributed by atoms with Crippen molar-refractivity contribution in [1.82, 2.24) is 14.8 Å². The highest BCUT2D eigenvalue weighted by molar-refractivity contribution is 6.02. The van der Waals surface area contributed by atoms with Gasteiger partial charge in [-0.15, -0.1) is 0 Å². The molecule has 1 N–H and O–H groups in total. The number of rotatable bonds is 5. The van der Waals surface area contributed by atoms with Crippen LogP contribution in [0, 0.1) is 5.92 Å². The lowest BCUT2D eigenvalue weighted by atomic mass is 9.79. The van der Waals surface area contributed by atoms with Crippen LogP contribution < -0.4 is 5.32 Å². The Morgan fingerprint density at radius 2 is 1.73 bits per heavy atom. The quantitative estimate of drug-likeness (QED) is 0.692. The fourth-order valence-corrected chi connectivity index (χ4v) is 4.55. The van der Waals surface area contributed by atoms with E-state index in [0.717, 1.165) is 28.5 Å². The Balaban J connectivity index is 1.84. The van der Waals surface area contributed by atoms with Crippen LogP contribution in [-0.4, -0.2) is 34.9 Å². The van der Waals surface area contributed by atoms with Crippen LogP contribution in [0.2, 0.25) is 0 Å². The van der Waals surface area contributed by atoms with E-state index in [9.17, 15) is 9.59 Å². The van der Waals surface area contributed by atoms with Gasteiger partial charge in [0, 0.05) is 48.9 Å². The van der Waals surface area contributed by atoms with Crippen LogP contribution in [0.5, 0.6) is 0 Å². The Kier molecular flexibility index (Phi) is 5.37. The topological polar surface area (TPSA) is 54.3 Å². The Morgan fingerprint density at radius 3 is 2.50 bits per heavy atom. The first-order valence-corrected chi connectivity index (χ1v) is 10.6. The maximum Gasteiger partial charge on any atom is 0.254 e. The zero-order valence-corrected chi connectivity index (χ0v) is 18.1. The first kappa shape index (κ1) is 20.2. The van der Waals surface area contributed by atoms with Gasteiger partial charge in [-0.1, -0.05) is 50.2 Å². The Morgan fingerprint density at radius 1 is 1.03 bits per heavy atom. The second kappa shape index (κ2) is 7.98. The Hall–Kier alpha value is -3.08. The van der Waals surface area contributed by atoms with Gasteiger partial charge in [0.15, 0.2) is 0 Å². The lowest BCUT2D eigenvalue weighted by Crippen LogP contribution is -2.45. The number of likely N-dealkylation sites (N-methyl/N-ethyl adjacent to an activating group) is 1. The van der Waals surface area contributed by atoms with E-state index in [1.54, 1.807) is 11.9 Å². The first-order valence-electron chi connectivity index (χ1n) is 10.6. The second-order valence-corrected chi connectivity index (χ2v) is 8.61. The molecular formula is C25H29N3O2. The predicted molar refractivity (Wildman–Crippen MR) is 119 cm³/mol. The van der Waals surface area contributed by atoms with Gasteiger partial charge in [0.1, 0.15) is 0 Å². The minimum absolute atomic E-state index is 0.0274. The van der Waals surface area contributed by atoms with Crippen molar-refractivity contribution in [1.29, 1.82) is 0 Å². The van der Waals surface area contributed by atoms with Gasteiger partial charge in [0.25, 0.3) is 5.91 Å². The third-order valence-electron chi connectivity index (χ3n) is 6.13. The lowest BCUT2D eigenvalue weighted by Gasteiger charge is -2.39. The summed E-state index contributed by atoms with van der Waals surface area (Å²) in [6, 6.07) is 15.3. The molecule has 0 fully saturated rings. The molecule has 2 heterocycles. The van der Waals surface area contributed by atoms with Crippen LogP contribution in [0.3, 0.4) is 0 Å². The van der Waals surface area contributed by atoms with Crippen molar-refractivity contribution >= 4 is 22.7 Å². The summed E-state index contributed by atoms with van der Waals surface area (Å²) in [6.45, 7) is 4.93. The van der Waals surface area contributed by atoms with E-state index < -0.39 is 5.92 Å². The average Bonchev–Trinajstić information content (AvgIpc) is 3.06. The van der Waals surface area contributed by atoms with Crippen LogP contribution in [-0.2, 0) is 11.8 Å². The van der Waals surface area contributed by atoms with Crippen LogP contribution in [0.25, 0.3) is 10.9 Å². The molecule has 2 aromatic carbocycles. The van der Waals surface area contributed by atoms with Crippen molar-refractivity contribution in [2.24, 2.45) is 13.0 Å². The van der Waals surface area contributed by atoms with Gasteiger partial charge < -0.3 is 14.8 Å². The van der Waals surface area contributed by atoms with E-state index in [4.69, 9.17) is 0 Å². The van der Waals surface area contributed by atoms with Crippen molar-refractivity contribution in [3.8, 4) is 0 Å². The summed E-state index contributed by atoms with van der Waals surface area (Å²) in [4.78, 5) is 28.4. The van der Waals surface area contributed by atoms with Crippen LogP contribution in [0.4, 0.5) is 0 Å². The van der Waals surface area contributed by atoms with Crippen molar-refractivity contribution in [2.75, 3.05) is 13.6 Å². The molecule has 0 saturated heterocycles. The van der Waals surface area contributed by atoms with Crippen LogP contribution >= 0.6 is 0 Å². The normalized spacial score (nSPS) is 18.7. The number of carbonyl (C=O) groups excluding carboxylic acids is 2. The van der Waals surface area contributed by atoms with Gasteiger partial charge in [-0.05, 0) is 30.0 Å². The van der Waals surface area contributed by atoms with E-state index in [-0.39, 0.29) is 17.9 Å². The molecule has 4 rings (SSSR count). The minimum Gasteiger partial charge on any atom is -0.355 e. The monoisotopic (exact) mass is 403 g/mol. The molecule has 1 aliphatic rings. The van der Waals surface area contributed by atoms with E-state index in [1.165, 1.54) is 0 Å². The summed E-state index contributed by atoms with van der Waals surface area (Å²) < 4.78 is 2.07. The molecule has 2 amide bonds. The van der Waals surface area contributed by atoms with E-state index in [1.807, 2.05) is 43.4 Å². The van der Waals surface area contributed by atoms with Gasteiger partial charge in [0.2, 0.25) is 5.91 Å². The maximum atomic E-state index is 13.5. The number of benzene rings is 2. The molecule has 2 atom stereocenters. The number of aryl methyl sites for hydroxylation is 1. The standard InChI is InChI=1S/C25H29N3O2/c1-16(2)13-14-26-24(29)22-18-10-5-6-11-19(18)25(30)28(4)23(22)20-15-27(3)21-12-8-7-9-17(20)21/h5-12,15-16,22-23H,13-14H2,1-4H3,(H,26,29)/t22-,23-/m0/s1. The number of nitrogens with zero attached hydrogens (tertiary/aromatic N) is 2. The molecular weight excluding hydrogens is 374 g/mol. The SMILES string of the molecule is CC(C)CCNC(=O)[C@H]1c2ccccc2C(=O)N(C)[C@H]1c1cn(C)c2ccccc12. The van der Waals surface area contributed by atoms with E-state index in [2.05, 4.69) is 42.1 Å². The molecule has 0 bridgehead atoms. The molecule has 1 aromatic heterocycles. The first-order chi connectivity index (χ1) is 14.4. The predicted octanol–water partition coefficient (Wildman–Crippen LogP) is 4.25. The van der Waals surface area contributed by atoms with Crippen molar-refractivity contribution in [3.63, 3.8) is 0 Å². The van der Waals surface area contributed by atoms with Gasteiger partial charge in [0.05, 0.1) is 12.0 Å². The van der Waals surface area contributed by atoms with Gasteiger partial charge in [-0.25, -0.2) is 0 Å². The van der Waals surface area contributed by atoms with Crippen LogP contribution in [0.15, 0.2) is 54.7 Å². The smallest absolute Gasteiger partial charge is 0.254 e. The molecule has 30 heavy (non-hydrogen) atoms. The molecule has 0 aliphatic carbocycles. The molecule has 1 aliphatic heterocycles. The molecule has 0 spiro atoms. The number of fused-ring (bicyclic) bond motifs is 2. The third kappa shape index (κ3) is 3.38. The molecule has 0 saturated carbocycles. The highest BCUT2D eigenvalue weighted by Crippen LogP contribution is 2.44. The number of nitrogens with one attached hydrogen (secondary N) is 1. The number of hydrogen-bond donors (Lipinski definition) is 1. The molecule has 0 radical (unpaired) electrons. The lowest BCUT2D eigenvalue weighted by molar-refractivity contribution is -0.124. The van der Waals surface area contributed by atoms with Crippen molar-refractivity contribution in [2.45, 2.75) is 32.2 Å². The summed E-state index contributed by atoms with van der Waals surface area (Å²) in [5, 5.41) is 4.20. The average molecular weight is 404 g/mol. The van der Waals surface area contributed by atoms with Crippen LogP contribution in [0.1, 0.15) is 53.7 Å².